The Bertz CT molecular complexity index is 2010. The van der Waals surface area contributed by atoms with Crippen LogP contribution in [-0.2, 0) is 20.9 Å². The minimum atomic E-state index is -1.61. The molecule has 1 heterocycles. The Labute approximate surface area is 315 Å². The molecule has 4 amide bonds. The van der Waals surface area contributed by atoms with Gasteiger partial charge in [0.2, 0.25) is 5.91 Å². The second-order valence-electron chi connectivity index (χ2n) is 14.7. The van der Waals surface area contributed by atoms with Gasteiger partial charge in [-0.15, -0.1) is 0 Å². The Balaban J connectivity index is 1.53. The lowest BCUT2D eigenvalue weighted by Crippen LogP contribution is -2.68. The molecule has 2 aliphatic rings. The molecule has 3 N–H and O–H groups in total. The quantitative estimate of drug-likeness (QED) is 0.167. The third kappa shape index (κ3) is 9.68. The number of amides is 4. The largest absolute Gasteiger partial charge is 0.444 e. The molecule has 0 bridgehead atoms. The first kappa shape index (κ1) is 40.0. The molecule has 18 nitrogen and oxygen atoms in total. The zero-order valence-corrected chi connectivity index (χ0v) is 30.8. The van der Waals surface area contributed by atoms with Gasteiger partial charge in [-0.3, -0.25) is 39.2 Å². The first-order valence-electron chi connectivity index (χ1n) is 18.1. The summed E-state index contributed by atoms with van der Waals surface area (Å²) in [5.74, 6) is -1.93. The maximum atomic E-state index is 14.8. The second-order valence-corrected chi connectivity index (χ2v) is 14.7. The third-order valence-corrected chi connectivity index (χ3v) is 9.69. The minimum Gasteiger partial charge on any atom is -0.444 e. The van der Waals surface area contributed by atoms with E-state index in [1.807, 2.05) is 0 Å². The van der Waals surface area contributed by atoms with Gasteiger partial charge in [-0.2, -0.15) is 4.98 Å². The molecule has 3 aromatic rings. The average molecular weight is 761 g/mol. The Hall–Kier alpha value is -6.20. The van der Waals surface area contributed by atoms with E-state index >= 15 is 0 Å². The van der Waals surface area contributed by atoms with Crippen molar-refractivity contribution in [2.24, 2.45) is 0 Å². The molecule has 55 heavy (non-hydrogen) atoms. The van der Waals surface area contributed by atoms with E-state index in [0.717, 1.165) is 29.2 Å². The highest BCUT2D eigenvalue weighted by Gasteiger charge is 2.52. The standard InChI is InChI=1S/C37H44N8O10/c1-36(2,3)55-35(50)39-26-14-8-9-15-28(26)43(31(46)23-42-21-18-30(41-34(42)49)40-32(47)24-12-6-4-7-13-24)37(19-10-5-11-20-37)33(48)38-27-17-16-25(44(51)52)22-29(27)45(53)54/h4,6-7,12-13,16-18,21-22,26,28H,5,8-11,14-15,19-20,23H2,1-3H3,(H,38,48)(H,39,50)(H,40,41,47,49)/t26-,28-/m1/s1. The summed E-state index contributed by atoms with van der Waals surface area (Å²) in [4.78, 5) is 95.7. The van der Waals surface area contributed by atoms with Crippen LogP contribution in [0.5, 0.6) is 0 Å². The van der Waals surface area contributed by atoms with Gasteiger partial charge in [0.1, 0.15) is 29.2 Å². The fraction of sp³-hybridized carbons (Fsp3) is 0.459. The Morgan fingerprint density at radius 2 is 1.62 bits per heavy atom. The number of nitrogens with zero attached hydrogens (tertiary/aromatic N) is 5. The van der Waals surface area contributed by atoms with E-state index in [1.165, 1.54) is 17.2 Å². The molecule has 18 heteroatoms. The van der Waals surface area contributed by atoms with Crippen molar-refractivity contribution in [3.05, 3.63) is 97.1 Å². The van der Waals surface area contributed by atoms with E-state index < -0.39 is 80.5 Å². The number of nitro benzene ring substituents is 2. The summed E-state index contributed by atoms with van der Waals surface area (Å²) in [7, 11) is 0. The lowest BCUT2D eigenvalue weighted by molar-refractivity contribution is -0.393. The lowest BCUT2D eigenvalue weighted by atomic mass is 9.76. The number of alkyl carbamates (subject to hydrolysis) is 1. The van der Waals surface area contributed by atoms with Crippen molar-refractivity contribution in [1.29, 1.82) is 0 Å². The molecule has 1 aromatic heterocycles. The molecular weight excluding hydrogens is 716 g/mol. The van der Waals surface area contributed by atoms with Crippen LogP contribution in [0.15, 0.2) is 65.6 Å². The van der Waals surface area contributed by atoms with E-state index in [1.54, 1.807) is 51.1 Å². The molecule has 0 spiro atoms. The zero-order valence-electron chi connectivity index (χ0n) is 30.8. The molecule has 2 atom stereocenters. The molecule has 2 saturated carbocycles. The van der Waals surface area contributed by atoms with Gasteiger partial charge >= 0.3 is 11.8 Å². The predicted molar refractivity (Wildman–Crippen MR) is 199 cm³/mol. The van der Waals surface area contributed by atoms with E-state index in [2.05, 4.69) is 20.9 Å². The Morgan fingerprint density at radius 3 is 2.25 bits per heavy atom. The highest BCUT2D eigenvalue weighted by atomic mass is 16.6. The molecular formula is C37H44N8O10. The number of non-ortho nitro benzene ring substituents is 1. The van der Waals surface area contributed by atoms with Crippen LogP contribution in [0.2, 0.25) is 0 Å². The highest BCUT2D eigenvalue weighted by Crippen LogP contribution is 2.41. The number of nitrogens with one attached hydrogen (secondary N) is 3. The SMILES string of the molecule is CC(C)(C)OC(=O)N[C@@H]1CCCC[C@H]1N(C(=O)Cn1ccc(NC(=O)c2ccccc2)nc1=O)C1(C(=O)Nc2ccc([N+](=O)[O-])cc2[N+](=O)[O-])CCCCC1. The fourth-order valence-electron chi connectivity index (χ4n) is 7.25. The van der Waals surface area contributed by atoms with Gasteiger partial charge < -0.3 is 25.6 Å². The van der Waals surface area contributed by atoms with Gasteiger partial charge in [0.05, 0.1) is 28.0 Å². The number of ether oxygens (including phenoxy) is 1. The van der Waals surface area contributed by atoms with Crippen molar-refractivity contribution < 1.29 is 33.8 Å². The number of carbonyl (C=O) groups excluding carboxylic acids is 4. The molecule has 2 fully saturated rings. The van der Waals surface area contributed by atoms with Crippen molar-refractivity contribution >= 4 is 46.7 Å². The summed E-state index contributed by atoms with van der Waals surface area (Å²) in [6, 6.07) is 11.1. The molecule has 2 aliphatic carbocycles. The summed E-state index contributed by atoms with van der Waals surface area (Å²) in [6.45, 7) is 4.57. The van der Waals surface area contributed by atoms with Crippen molar-refractivity contribution in [2.75, 3.05) is 10.6 Å². The van der Waals surface area contributed by atoms with Crippen LogP contribution in [0, 0.1) is 20.2 Å². The molecule has 2 aromatic carbocycles. The highest BCUT2D eigenvalue weighted by molar-refractivity contribution is 6.04. The summed E-state index contributed by atoms with van der Waals surface area (Å²) >= 11 is 0. The number of hydrogen-bond acceptors (Lipinski definition) is 11. The van der Waals surface area contributed by atoms with Crippen LogP contribution < -0.4 is 21.6 Å². The maximum Gasteiger partial charge on any atom is 0.407 e. The van der Waals surface area contributed by atoms with Gasteiger partial charge in [0, 0.05) is 17.8 Å². The van der Waals surface area contributed by atoms with Gasteiger partial charge in [-0.05, 0) is 70.7 Å². The molecule has 0 aliphatic heterocycles. The third-order valence-electron chi connectivity index (χ3n) is 9.69. The van der Waals surface area contributed by atoms with Gasteiger partial charge in [-0.1, -0.05) is 50.3 Å². The van der Waals surface area contributed by atoms with E-state index in [9.17, 15) is 44.2 Å². The molecule has 292 valence electrons. The summed E-state index contributed by atoms with van der Waals surface area (Å²) in [6.07, 6.45) is 4.80. The van der Waals surface area contributed by atoms with Crippen LogP contribution in [0.1, 0.15) is 88.9 Å². The van der Waals surface area contributed by atoms with Crippen molar-refractivity contribution in [3.63, 3.8) is 0 Å². The van der Waals surface area contributed by atoms with Crippen molar-refractivity contribution in [1.82, 2.24) is 19.8 Å². The van der Waals surface area contributed by atoms with Gasteiger partial charge in [0.15, 0.2) is 0 Å². The van der Waals surface area contributed by atoms with Gasteiger partial charge in [0.25, 0.3) is 23.2 Å². The van der Waals surface area contributed by atoms with E-state index in [0.29, 0.717) is 44.1 Å². The first-order chi connectivity index (χ1) is 26.1. The van der Waals surface area contributed by atoms with Gasteiger partial charge in [-0.25, -0.2) is 9.59 Å². The maximum absolute atomic E-state index is 14.8. The number of hydrogen-bond donors (Lipinski definition) is 3. The zero-order chi connectivity index (χ0) is 39.9. The predicted octanol–water partition coefficient (Wildman–Crippen LogP) is 5.32. The van der Waals surface area contributed by atoms with Crippen LogP contribution in [0.3, 0.4) is 0 Å². The molecule has 0 saturated heterocycles. The molecule has 5 rings (SSSR count). The number of carbonyl (C=O) groups is 4. The second kappa shape index (κ2) is 16.9. The Kier molecular flexibility index (Phi) is 12.3. The Morgan fingerprint density at radius 1 is 0.927 bits per heavy atom. The minimum absolute atomic E-state index is 0.0406. The summed E-state index contributed by atoms with van der Waals surface area (Å²) < 4.78 is 6.58. The lowest BCUT2D eigenvalue weighted by Gasteiger charge is -2.51. The summed E-state index contributed by atoms with van der Waals surface area (Å²) in [5.41, 5.74) is -4.48. The average Bonchev–Trinajstić information content (AvgIpc) is 3.13. The molecule has 0 unspecified atom stereocenters. The number of benzene rings is 2. The normalized spacial score (nSPS) is 17.9. The van der Waals surface area contributed by atoms with Crippen molar-refractivity contribution in [3.8, 4) is 0 Å². The van der Waals surface area contributed by atoms with Crippen LogP contribution >= 0.6 is 0 Å². The fourth-order valence-corrected chi connectivity index (χ4v) is 7.25. The van der Waals surface area contributed by atoms with E-state index in [-0.39, 0.29) is 24.3 Å². The smallest absolute Gasteiger partial charge is 0.407 e. The topological polar surface area (TPSA) is 238 Å². The van der Waals surface area contributed by atoms with E-state index in [4.69, 9.17) is 4.74 Å². The number of rotatable bonds is 11. The monoisotopic (exact) mass is 760 g/mol. The van der Waals surface area contributed by atoms with Crippen LogP contribution in [0.25, 0.3) is 0 Å². The van der Waals surface area contributed by atoms with Crippen LogP contribution in [0.4, 0.5) is 27.7 Å². The first-order valence-corrected chi connectivity index (χ1v) is 18.1. The van der Waals surface area contributed by atoms with Crippen molar-refractivity contribution in [2.45, 2.75) is 108 Å². The number of anilines is 2. The number of aromatic nitrogens is 2. The van der Waals surface area contributed by atoms with Crippen LogP contribution in [-0.4, -0.2) is 71.3 Å². The summed E-state index contributed by atoms with van der Waals surface area (Å²) in [5, 5.41) is 31.5. The number of nitro groups is 2. The molecule has 0 radical (unpaired) electrons.